The molecule has 0 aromatic carbocycles. The number of alkyl carbamates (subject to hydrolysis) is 1. The van der Waals surface area contributed by atoms with Crippen LogP contribution in [0.15, 0.2) is 24.3 Å². The van der Waals surface area contributed by atoms with Crippen molar-refractivity contribution >= 4 is 6.09 Å². The minimum Gasteiger partial charge on any atom is -0.444 e. The first kappa shape index (κ1) is 17.6. The van der Waals surface area contributed by atoms with Gasteiger partial charge in [0.15, 0.2) is 0 Å². The second-order valence-corrected chi connectivity index (χ2v) is 6.05. The van der Waals surface area contributed by atoms with Gasteiger partial charge in [-0.15, -0.1) is 0 Å². The summed E-state index contributed by atoms with van der Waals surface area (Å²) >= 11 is 0. The van der Waals surface area contributed by atoms with Crippen LogP contribution in [0.2, 0.25) is 0 Å². The Labute approximate surface area is 124 Å². The van der Waals surface area contributed by atoms with E-state index >= 15 is 0 Å². The number of amides is 1. The summed E-state index contributed by atoms with van der Waals surface area (Å²) in [5.41, 5.74) is -0.647. The number of carbonyl (C=O) groups is 1. The third kappa shape index (κ3) is 6.71. The molecule has 0 saturated heterocycles. The molecule has 21 heavy (non-hydrogen) atoms. The van der Waals surface area contributed by atoms with Crippen LogP contribution in [0.3, 0.4) is 0 Å². The maximum atomic E-state index is 12.3. The van der Waals surface area contributed by atoms with E-state index < -0.39 is 24.3 Å². The lowest BCUT2D eigenvalue weighted by atomic mass is 9.84. The fourth-order valence-electron chi connectivity index (χ4n) is 2.12. The fraction of sp³-hybridized carbons (Fsp3) is 0.667. The summed E-state index contributed by atoms with van der Waals surface area (Å²) < 4.78 is 34.1. The molecule has 0 bridgehead atoms. The van der Waals surface area contributed by atoms with Crippen molar-refractivity contribution in [2.75, 3.05) is 6.61 Å². The van der Waals surface area contributed by atoms with E-state index in [1.807, 2.05) is 31.2 Å². The normalized spacial score (nSPS) is 23.2. The number of alkyl halides is 2. The number of halogens is 2. The molecule has 0 aromatic rings. The van der Waals surface area contributed by atoms with Gasteiger partial charge < -0.3 is 14.8 Å². The summed E-state index contributed by atoms with van der Waals surface area (Å²) in [5.74, 6) is -0.0162. The van der Waals surface area contributed by atoms with E-state index in [1.54, 1.807) is 20.8 Å². The van der Waals surface area contributed by atoms with Gasteiger partial charge in [-0.3, -0.25) is 0 Å². The van der Waals surface area contributed by atoms with Crippen molar-refractivity contribution < 1.29 is 23.0 Å². The monoisotopic (exact) mass is 303 g/mol. The van der Waals surface area contributed by atoms with Gasteiger partial charge in [0.2, 0.25) is 0 Å². The molecule has 4 nitrogen and oxygen atoms in total. The SMILES string of the molecule is CC1C=CC=CC1[C@@H](COC(F)F)NC(=O)OC(C)(C)C. The van der Waals surface area contributed by atoms with Crippen molar-refractivity contribution in [3.05, 3.63) is 24.3 Å². The van der Waals surface area contributed by atoms with Crippen LogP contribution >= 0.6 is 0 Å². The maximum Gasteiger partial charge on any atom is 0.407 e. The number of rotatable bonds is 5. The Bertz CT molecular complexity index is 402. The van der Waals surface area contributed by atoms with Crippen LogP contribution in [0, 0.1) is 11.8 Å². The zero-order valence-corrected chi connectivity index (χ0v) is 12.8. The highest BCUT2D eigenvalue weighted by Gasteiger charge is 2.29. The minimum absolute atomic E-state index is 0.108. The van der Waals surface area contributed by atoms with E-state index in [9.17, 15) is 13.6 Å². The second-order valence-electron chi connectivity index (χ2n) is 6.05. The maximum absolute atomic E-state index is 12.3. The van der Waals surface area contributed by atoms with Gasteiger partial charge in [-0.2, -0.15) is 8.78 Å². The number of nitrogens with one attached hydrogen (secondary N) is 1. The molecule has 0 aliphatic heterocycles. The van der Waals surface area contributed by atoms with Gasteiger partial charge in [0, 0.05) is 5.92 Å². The lowest BCUT2D eigenvalue weighted by Crippen LogP contribution is -2.47. The standard InChI is InChI=1S/C15H23F2NO3/c1-10-7-5-6-8-11(10)12(9-20-13(16)17)18-14(19)21-15(2,3)4/h5-8,10-13H,9H2,1-4H3,(H,18,19)/t10?,11?,12-/m1/s1. The highest BCUT2D eigenvalue weighted by molar-refractivity contribution is 5.68. The number of carbonyl (C=O) groups excluding carboxylic acids is 1. The topological polar surface area (TPSA) is 47.6 Å². The van der Waals surface area contributed by atoms with E-state index in [0.29, 0.717) is 0 Å². The Morgan fingerprint density at radius 1 is 1.29 bits per heavy atom. The molecule has 0 spiro atoms. The molecular formula is C15H23F2NO3. The van der Waals surface area contributed by atoms with Gasteiger partial charge in [0.05, 0.1) is 12.6 Å². The molecule has 0 radical (unpaired) electrons. The summed E-state index contributed by atoms with van der Waals surface area (Å²) in [5, 5.41) is 2.62. The molecule has 0 heterocycles. The number of allylic oxidation sites excluding steroid dienone is 3. The summed E-state index contributed by atoms with van der Waals surface area (Å²) in [7, 11) is 0. The van der Waals surface area contributed by atoms with E-state index in [-0.39, 0.29) is 18.4 Å². The number of ether oxygens (including phenoxy) is 2. The zero-order chi connectivity index (χ0) is 16.0. The number of hydrogen-bond donors (Lipinski definition) is 1. The Morgan fingerprint density at radius 3 is 2.43 bits per heavy atom. The lowest BCUT2D eigenvalue weighted by molar-refractivity contribution is -0.136. The molecule has 0 saturated carbocycles. The van der Waals surface area contributed by atoms with Crippen LogP contribution in [-0.4, -0.2) is 31.0 Å². The largest absolute Gasteiger partial charge is 0.444 e. The summed E-state index contributed by atoms with van der Waals surface area (Å²) in [6.07, 6.45) is 6.91. The summed E-state index contributed by atoms with van der Waals surface area (Å²) in [4.78, 5) is 11.8. The van der Waals surface area contributed by atoms with Crippen LogP contribution in [0.5, 0.6) is 0 Å². The molecule has 6 heteroatoms. The molecule has 1 aliphatic rings. The van der Waals surface area contributed by atoms with Gasteiger partial charge in [0.25, 0.3) is 0 Å². The highest BCUT2D eigenvalue weighted by Crippen LogP contribution is 2.23. The first-order valence-electron chi connectivity index (χ1n) is 6.93. The third-order valence-electron chi connectivity index (χ3n) is 3.03. The Balaban J connectivity index is 2.70. The van der Waals surface area contributed by atoms with Crippen LogP contribution in [0.4, 0.5) is 13.6 Å². The Hall–Kier alpha value is -1.43. The molecule has 2 unspecified atom stereocenters. The lowest BCUT2D eigenvalue weighted by Gasteiger charge is -2.31. The average Bonchev–Trinajstić information content (AvgIpc) is 2.33. The first-order chi connectivity index (χ1) is 9.69. The fourth-order valence-corrected chi connectivity index (χ4v) is 2.12. The molecule has 120 valence electrons. The van der Waals surface area contributed by atoms with Gasteiger partial charge in [0.1, 0.15) is 5.60 Å². The quantitative estimate of drug-likeness (QED) is 0.845. The van der Waals surface area contributed by atoms with Crippen molar-refractivity contribution in [2.24, 2.45) is 11.8 Å². The molecule has 1 amide bonds. The second kappa shape index (κ2) is 7.54. The molecule has 0 fully saturated rings. The van der Waals surface area contributed by atoms with Crippen molar-refractivity contribution in [3.63, 3.8) is 0 Å². The van der Waals surface area contributed by atoms with Gasteiger partial charge in [-0.25, -0.2) is 4.79 Å². The smallest absolute Gasteiger partial charge is 0.407 e. The average molecular weight is 303 g/mol. The molecule has 1 N–H and O–H groups in total. The van der Waals surface area contributed by atoms with Crippen molar-refractivity contribution in [3.8, 4) is 0 Å². The van der Waals surface area contributed by atoms with E-state index in [1.165, 1.54) is 0 Å². The highest BCUT2D eigenvalue weighted by atomic mass is 19.3. The Morgan fingerprint density at radius 2 is 1.90 bits per heavy atom. The molecule has 0 aromatic heterocycles. The summed E-state index contributed by atoms with van der Waals surface area (Å²) in [6, 6.07) is -0.579. The predicted octanol–water partition coefficient (Wildman–Crippen LogP) is 3.50. The van der Waals surface area contributed by atoms with Gasteiger partial charge >= 0.3 is 12.7 Å². The molecule has 1 aliphatic carbocycles. The van der Waals surface area contributed by atoms with Crippen molar-refractivity contribution in [2.45, 2.75) is 45.9 Å². The van der Waals surface area contributed by atoms with Crippen LogP contribution in [0.25, 0.3) is 0 Å². The third-order valence-corrected chi connectivity index (χ3v) is 3.03. The van der Waals surface area contributed by atoms with Gasteiger partial charge in [-0.05, 0) is 26.7 Å². The molecule has 1 rings (SSSR count). The van der Waals surface area contributed by atoms with Gasteiger partial charge in [-0.1, -0.05) is 31.2 Å². The predicted molar refractivity (Wildman–Crippen MR) is 76.0 cm³/mol. The van der Waals surface area contributed by atoms with Crippen LogP contribution in [0.1, 0.15) is 27.7 Å². The van der Waals surface area contributed by atoms with Crippen molar-refractivity contribution in [1.29, 1.82) is 0 Å². The zero-order valence-electron chi connectivity index (χ0n) is 12.8. The number of hydrogen-bond acceptors (Lipinski definition) is 3. The molecule has 3 atom stereocenters. The van der Waals surface area contributed by atoms with E-state index in [0.717, 1.165) is 0 Å². The summed E-state index contributed by atoms with van der Waals surface area (Å²) in [6.45, 7) is 4.03. The minimum atomic E-state index is -2.87. The van der Waals surface area contributed by atoms with E-state index in [2.05, 4.69) is 10.1 Å². The van der Waals surface area contributed by atoms with E-state index in [4.69, 9.17) is 4.74 Å². The van der Waals surface area contributed by atoms with Crippen LogP contribution in [-0.2, 0) is 9.47 Å². The van der Waals surface area contributed by atoms with Crippen LogP contribution < -0.4 is 5.32 Å². The van der Waals surface area contributed by atoms with Crippen molar-refractivity contribution in [1.82, 2.24) is 5.32 Å². The molecular weight excluding hydrogens is 280 g/mol. The Kier molecular flexibility index (Phi) is 6.33. The first-order valence-corrected chi connectivity index (χ1v) is 6.93.